The summed E-state index contributed by atoms with van der Waals surface area (Å²) < 4.78 is 0. The zero-order valence-corrected chi connectivity index (χ0v) is 21.0. The van der Waals surface area contributed by atoms with Crippen LogP contribution in [0, 0.1) is 0 Å². The molecule has 0 heterocycles. The number of hydrogen-bond donors (Lipinski definition) is 7. The molecule has 1 rings (SSSR count). The minimum Gasteiger partial charge on any atom is -0.508 e. The van der Waals surface area contributed by atoms with Crippen LogP contribution in [0.1, 0.15) is 38.2 Å². The van der Waals surface area contributed by atoms with Crippen LogP contribution in [0.15, 0.2) is 24.3 Å². The molecular weight excluding hydrogens is 474 g/mol. The van der Waals surface area contributed by atoms with Gasteiger partial charge in [0.25, 0.3) is 0 Å². The van der Waals surface area contributed by atoms with E-state index in [-0.39, 0.29) is 18.6 Å². The highest BCUT2D eigenvalue weighted by Crippen LogP contribution is 2.12. The van der Waals surface area contributed by atoms with Gasteiger partial charge in [-0.25, -0.2) is 4.79 Å². The Labute approximate surface area is 209 Å². The molecule has 9 N–H and O–H groups in total. The van der Waals surface area contributed by atoms with E-state index >= 15 is 0 Å². The molecule has 0 spiro atoms. The molecule has 1 aromatic carbocycles. The van der Waals surface area contributed by atoms with E-state index in [9.17, 15) is 29.4 Å². The van der Waals surface area contributed by atoms with Crippen LogP contribution >= 0.6 is 11.8 Å². The number of nitrogens with two attached hydrogens (primary N) is 2. The van der Waals surface area contributed by atoms with Crippen molar-refractivity contribution in [1.82, 2.24) is 16.0 Å². The molecule has 1 aromatic rings. The SMILES string of the molecule is CSCCC(N)C(=O)NC(Cc1ccc(O)cc1)C(=O)NC(C)C(=O)NC(CCCCN)C(=O)O. The molecule has 0 aliphatic heterocycles. The number of nitrogens with one attached hydrogen (secondary N) is 3. The van der Waals surface area contributed by atoms with Crippen molar-refractivity contribution >= 4 is 35.5 Å². The number of carbonyl (C=O) groups is 4. The van der Waals surface area contributed by atoms with E-state index < -0.39 is 47.9 Å². The summed E-state index contributed by atoms with van der Waals surface area (Å²) in [6.45, 7) is 1.84. The van der Waals surface area contributed by atoms with Gasteiger partial charge in [0.2, 0.25) is 17.7 Å². The third-order valence-corrected chi connectivity index (χ3v) is 5.94. The predicted octanol–water partition coefficient (Wildman–Crippen LogP) is -0.297. The van der Waals surface area contributed by atoms with Crippen molar-refractivity contribution in [3.05, 3.63) is 29.8 Å². The van der Waals surface area contributed by atoms with Crippen molar-refractivity contribution in [1.29, 1.82) is 0 Å². The fraction of sp³-hybridized carbons (Fsp3) is 0.565. The van der Waals surface area contributed by atoms with Crippen molar-refractivity contribution in [3.63, 3.8) is 0 Å². The van der Waals surface area contributed by atoms with Crippen molar-refractivity contribution in [2.75, 3.05) is 18.6 Å². The van der Waals surface area contributed by atoms with Gasteiger partial charge in [-0.15, -0.1) is 0 Å². The molecule has 3 amide bonds. The molecule has 0 fully saturated rings. The first-order valence-electron chi connectivity index (χ1n) is 11.4. The second kappa shape index (κ2) is 16.0. The number of phenolic OH excluding ortho intramolecular Hbond substituents is 1. The number of hydrogen-bond acceptors (Lipinski definition) is 8. The van der Waals surface area contributed by atoms with Crippen LogP contribution in [0.25, 0.3) is 0 Å². The van der Waals surface area contributed by atoms with Gasteiger partial charge in [-0.2, -0.15) is 11.8 Å². The van der Waals surface area contributed by atoms with Crippen LogP contribution in [-0.4, -0.2) is 76.6 Å². The summed E-state index contributed by atoms with van der Waals surface area (Å²) in [5.74, 6) is -2.23. The van der Waals surface area contributed by atoms with Gasteiger partial charge >= 0.3 is 5.97 Å². The number of phenols is 1. The molecule has 35 heavy (non-hydrogen) atoms. The van der Waals surface area contributed by atoms with E-state index in [2.05, 4.69) is 16.0 Å². The maximum Gasteiger partial charge on any atom is 0.326 e. The topological polar surface area (TPSA) is 197 Å². The molecule has 0 bridgehead atoms. The van der Waals surface area contributed by atoms with E-state index in [4.69, 9.17) is 11.5 Å². The molecule has 0 aliphatic carbocycles. The van der Waals surface area contributed by atoms with Crippen LogP contribution in [0.3, 0.4) is 0 Å². The summed E-state index contributed by atoms with van der Waals surface area (Å²) >= 11 is 1.55. The van der Waals surface area contributed by atoms with Gasteiger partial charge in [0, 0.05) is 6.42 Å². The number of thioether (sulfide) groups is 1. The van der Waals surface area contributed by atoms with Crippen molar-refractivity contribution in [3.8, 4) is 5.75 Å². The first-order valence-corrected chi connectivity index (χ1v) is 12.8. The summed E-state index contributed by atoms with van der Waals surface area (Å²) in [4.78, 5) is 49.6. The average Bonchev–Trinajstić information content (AvgIpc) is 2.82. The number of rotatable bonds is 16. The Kier molecular flexibility index (Phi) is 13.8. The van der Waals surface area contributed by atoms with E-state index in [1.807, 2.05) is 6.26 Å². The number of carboxylic acid groups (broad SMARTS) is 1. The zero-order valence-electron chi connectivity index (χ0n) is 20.2. The molecule has 0 aliphatic rings. The summed E-state index contributed by atoms with van der Waals surface area (Å²) in [5, 5.41) is 26.5. The largest absolute Gasteiger partial charge is 0.508 e. The molecule has 4 atom stereocenters. The lowest BCUT2D eigenvalue weighted by Gasteiger charge is -2.23. The Morgan fingerprint density at radius 1 is 0.943 bits per heavy atom. The monoisotopic (exact) mass is 511 g/mol. The smallest absolute Gasteiger partial charge is 0.326 e. The normalized spacial score (nSPS) is 14.3. The summed E-state index contributed by atoms with van der Waals surface area (Å²) in [5.41, 5.74) is 12.0. The summed E-state index contributed by atoms with van der Waals surface area (Å²) in [6, 6.07) is 2.16. The molecular formula is C23H37N5O6S. The predicted molar refractivity (Wildman–Crippen MR) is 135 cm³/mol. The minimum atomic E-state index is -1.18. The minimum absolute atomic E-state index is 0.0580. The first-order chi connectivity index (χ1) is 16.6. The molecule has 11 nitrogen and oxygen atoms in total. The van der Waals surface area contributed by atoms with E-state index in [1.165, 1.54) is 19.1 Å². The molecule has 0 aromatic heterocycles. The van der Waals surface area contributed by atoms with E-state index in [0.717, 1.165) is 0 Å². The standard InChI is InChI=1S/C23H37N5O6S/c1-14(20(30)27-18(23(33)34)5-3-4-11-24)26-22(32)19(13-15-6-8-16(29)9-7-15)28-21(31)17(25)10-12-35-2/h6-9,14,17-19,29H,3-5,10-13,24-25H2,1-2H3,(H,26,32)(H,27,30)(H,28,31)(H,33,34). The number of benzene rings is 1. The van der Waals surface area contributed by atoms with Crippen LogP contribution in [0.4, 0.5) is 0 Å². The van der Waals surface area contributed by atoms with Gasteiger partial charge in [0.1, 0.15) is 23.9 Å². The maximum atomic E-state index is 13.0. The lowest BCUT2D eigenvalue weighted by Crippen LogP contribution is -2.56. The first kappa shape index (κ1) is 30.2. The van der Waals surface area contributed by atoms with Gasteiger partial charge in [-0.3, -0.25) is 14.4 Å². The van der Waals surface area contributed by atoms with Crippen molar-refractivity contribution in [2.24, 2.45) is 11.5 Å². The van der Waals surface area contributed by atoms with Crippen LogP contribution in [-0.2, 0) is 25.6 Å². The van der Waals surface area contributed by atoms with Crippen molar-refractivity contribution in [2.45, 2.75) is 63.2 Å². The number of aliphatic carboxylic acids is 1. The van der Waals surface area contributed by atoms with E-state index in [0.29, 0.717) is 37.1 Å². The average molecular weight is 512 g/mol. The van der Waals surface area contributed by atoms with Gasteiger partial charge in [0.05, 0.1) is 6.04 Å². The Hall–Kier alpha value is -2.83. The molecule has 4 unspecified atom stereocenters. The Balaban J connectivity index is 2.87. The van der Waals surface area contributed by atoms with Crippen LogP contribution in [0.2, 0.25) is 0 Å². The van der Waals surface area contributed by atoms with Crippen LogP contribution in [0.5, 0.6) is 5.75 Å². The van der Waals surface area contributed by atoms with Gasteiger partial charge in [-0.1, -0.05) is 12.1 Å². The van der Waals surface area contributed by atoms with Gasteiger partial charge < -0.3 is 37.6 Å². The zero-order chi connectivity index (χ0) is 26.4. The highest BCUT2D eigenvalue weighted by atomic mass is 32.2. The Morgan fingerprint density at radius 2 is 1.57 bits per heavy atom. The number of carbonyl (C=O) groups excluding carboxylic acids is 3. The van der Waals surface area contributed by atoms with E-state index in [1.54, 1.807) is 23.9 Å². The maximum absolute atomic E-state index is 13.0. The second-order valence-corrected chi connectivity index (χ2v) is 9.22. The summed E-state index contributed by atoms with van der Waals surface area (Å²) in [6.07, 6.45) is 3.80. The lowest BCUT2D eigenvalue weighted by atomic mass is 10.0. The number of unbranched alkanes of at least 4 members (excludes halogenated alkanes) is 1. The van der Waals surface area contributed by atoms with Gasteiger partial charge in [0.15, 0.2) is 0 Å². The summed E-state index contributed by atoms with van der Waals surface area (Å²) in [7, 11) is 0. The lowest BCUT2D eigenvalue weighted by molar-refractivity contribution is -0.142. The molecule has 0 saturated carbocycles. The fourth-order valence-electron chi connectivity index (χ4n) is 3.16. The Bertz CT molecular complexity index is 838. The highest BCUT2D eigenvalue weighted by molar-refractivity contribution is 7.98. The number of aromatic hydroxyl groups is 1. The third kappa shape index (κ3) is 11.4. The van der Waals surface area contributed by atoms with Gasteiger partial charge in [-0.05, 0) is 68.9 Å². The Morgan fingerprint density at radius 3 is 2.14 bits per heavy atom. The third-order valence-electron chi connectivity index (χ3n) is 5.29. The molecule has 0 radical (unpaired) electrons. The molecule has 196 valence electrons. The number of carboxylic acids is 1. The fourth-order valence-corrected chi connectivity index (χ4v) is 3.65. The quantitative estimate of drug-likeness (QED) is 0.146. The van der Waals surface area contributed by atoms with Crippen molar-refractivity contribution < 1.29 is 29.4 Å². The highest BCUT2D eigenvalue weighted by Gasteiger charge is 2.28. The second-order valence-electron chi connectivity index (χ2n) is 8.23. The molecule has 0 saturated heterocycles. The number of amides is 3. The van der Waals surface area contributed by atoms with Crippen LogP contribution < -0.4 is 27.4 Å². The molecule has 12 heteroatoms.